The van der Waals surface area contributed by atoms with E-state index in [-0.39, 0.29) is 6.42 Å². The smallest absolute Gasteiger partial charge is 0.326 e. The molecular weight excluding hydrogens is 464 g/mol. The molecule has 4 rings (SSSR count). The number of carbonyl (C=O) groups excluding carboxylic acids is 1. The minimum Gasteiger partial charge on any atom is -0.496 e. The number of aromatic nitrogens is 3. The van der Waals surface area contributed by atoms with Gasteiger partial charge in [0.15, 0.2) is 0 Å². The summed E-state index contributed by atoms with van der Waals surface area (Å²) in [6.07, 6.45) is 4.61. The minimum atomic E-state index is -1.10. The van der Waals surface area contributed by atoms with Crippen LogP contribution in [-0.4, -0.2) is 64.2 Å². The van der Waals surface area contributed by atoms with E-state index in [1.165, 1.54) is 6.33 Å². The van der Waals surface area contributed by atoms with Crippen molar-refractivity contribution in [2.24, 2.45) is 0 Å². The van der Waals surface area contributed by atoms with E-state index in [1.807, 2.05) is 36.4 Å². The number of methoxy groups -OCH3 is 2. The van der Waals surface area contributed by atoms with E-state index >= 15 is 0 Å². The van der Waals surface area contributed by atoms with Crippen LogP contribution in [0.4, 0.5) is 0 Å². The van der Waals surface area contributed by atoms with E-state index in [2.05, 4.69) is 15.4 Å². The molecule has 0 saturated carbocycles. The van der Waals surface area contributed by atoms with Gasteiger partial charge in [0.1, 0.15) is 35.8 Å². The van der Waals surface area contributed by atoms with Crippen LogP contribution >= 0.6 is 0 Å². The number of aliphatic carboxylic acids is 1. The average molecular weight is 495 g/mol. The Labute approximate surface area is 209 Å². The van der Waals surface area contributed by atoms with Crippen LogP contribution < -0.4 is 14.8 Å². The van der Waals surface area contributed by atoms with E-state index in [0.29, 0.717) is 31.1 Å². The third kappa shape index (κ3) is 5.49. The van der Waals surface area contributed by atoms with Gasteiger partial charge in [-0.05, 0) is 48.6 Å². The Balaban J connectivity index is 1.53. The van der Waals surface area contributed by atoms with Crippen molar-refractivity contribution < 1.29 is 28.9 Å². The molecule has 1 unspecified atom stereocenters. The Morgan fingerprint density at radius 1 is 1.17 bits per heavy atom. The molecule has 2 atom stereocenters. The van der Waals surface area contributed by atoms with Crippen molar-refractivity contribution in [3.63, 3.8) is 0 Å². The lowest BCUT2D eigenvalue weighted by molar-refractivity contribution is -0.147. The first-order chi connectivity index (χ1) is 17.3. The molecule has 1 aromatic heterocycles. The summed E-state index contributed by atoms with van der Waals surface area (Å²) in [4.78, 5) is 28.5. The Hall–Kier alpha value is -3.92. The van der Waals surface area contributed by atoms with E-state index in [1.54, 1.807) is 32.2 Å². The Bertz CT molecular complexity index is 1180. The summed E-state index contributed by atoms with van der Waals surface area (Å²) in [7, 11) is 3.20. The Kier molecular flexibility index (Phi) is 7.54. The quantitative estimate of drug-likeness (QED) is 0.441. The Morgan fingerprint density at radius 2 is 1.86 bits per heavy atom. The van der Waals surface area contributed by atoms with Crippen molar-refractivity contribution in [1.82, 2.24) is 20.1 Å². The molecule has 0 bridgehead atoms. The van der Waals surface area contributed by atoms with Crippen LogP contribution in [0.1, 0.15) is 30.9 Å². The molecule has 1 aliphatic heterocycles. The zero-order valence-electron chi connectivity index (χ0n) is 20.6. The number of nitrogens with zero attached hydrogens (tertiary/aromatic N) is 3. The van der Waals surface area contributed by atoms with E-state index in [9.17, 15) is 14.7 Å². The molecule has 2 aromatic carbocycles. The van der Waals surface area contributed by atoms with Gasteiger partial charge in [0, 0.05) is 13.0 Å². The van der Waals surface area contributed by atoms with Gasteiger partial charge in [-0.15, -0.1) is 0 Å². The summed E-state index contributed by atoms with van der Waals surface area (Å²) in [6.45, 7) is 2.71. The number of carboxylic acid groups (broad SMARTS) is 1. The molecule has 1 amide bonds. The average Bonchev–Trinajstić information content (AvgIpc) is 3.56. The first-order valence-corrected chi connectivity index (χ1v) is 11.7. The topological polar surface area (TPSA) is 125 Å². The predicted molar refractivity (Wildman–Crippen MR) is 131 cm³/mol. The molecule has 1 fully saturated rings. The van der Waals surface area contributed by atoms with Gasteiger partial charge in [-0.25, -0.2) is 14.5 Å². The highest BCUT2D eigenvalue weighted by molar-refractivity contribution is 5.89. The minimum absolute atomic E-state index is 0.141. The number of nitrogens with one attached hydrogen (secondary N) is 1. The summed E-state index contributed by atoms with van der Waals surface area (Å²) >= 11 is 0. The SMILES string of the molecule is COc1cc(Cn2cncn2)cc(OC)c1-c1ccc(C[C@H](NC(=O)C2(C)CCCO2)C(=O)O)cc1. The molecule has 190 valence electrons. The van der Waals surface area contributed by atoms with Crippen LogP contribution in [0.25, 0.3) is 11.1 Å². The Morgan fingerprint density at radius 3 is 2.39 bits per heavy atom. The fourth-order valence-electron chi connectivity index (χ4n) is 4.36. The molecule has 1 saturated heterocycles. The second kappa shape index (κ2) is 10.8. The highest BCUT2D eigenvalue weighted by Gasteiger charge is 2.39. The molecule has 3 aromatic rings. The lowest BCUT2D eigenvalue weighted by Gasteiger charge is -2.24. The lowest BCUT2D eigenvalue weighted by atomic mass is 9.97. The zero-order chi connectivity index (χ0) is 25.7. The first-order valence-electron chi connectivity index (χ1n) is 11.7. The number of hydrogen-bond donors (Lipinski definition) is 2. The fourth-order valence-corrected chi connectivity index (χ4v) is 4.36. The highest BCUT2D eigenvalue weighted by Crippen LogP contribution is 2.40. The molecule has 0 aliphatic carbocycles. The molecule has 36 heavy (non-hydrogen) atoms. The van der Waals surface area contributed by atoms with Gasteiger partial charge in [-0.2, -0.15) is 5.10 Å². The van der Waals surface area contributed by atoms with Crippen LogP contribution in [-0.2, 0) is 27.3 Å². The molecule has 1 aliphatic rings. The summed E-state index contributed by atoms with van der Waals surface area (Å²) in [5.74, 6) is -0.222. The maximum absolute atomic E-state index is 12.6. The van der Waals surface area contributed by atoms with Crippen LogP contribution in [0, 0.1) is 0 Å². The largest absolute Gasteiger partial charge is 0.496 e. The number of carbonyl (C=O) groups is 2. The summed E-state index contributed by atoms with van der Waals surface area (Å²) in [5, 5.41) is 16.5. The highest BCUT2D eigenvalue weighted by atomic mass is 16.5. The normalized spacial score (nSPS) is 18.0. The molecule has 2 N–H and O–H groups in total. The third-order valence-electron chi connectivity index (χ3n) is 6.36. The second-order valence-electron chi connectivity index (χ2n) is 8.92. The zero-order valence-corrected chi connectivity index (χ0v) is 20.6. The third-order valence-corrected chi connectivity index (χ3v) is 6.36. The van der Waals surface area contributed by atoms with E-state index < -0.39 is 23.5 Å². The summed E-state index contributed by atoms with van der Waals surface area (Å²) in [6, 6.07) is 10.2. The molecule has 2 heterocycles. The van der Waals surface area contributed by atoms with Gasteiger partial charge >= 0.3 is 5.97 Å². The van der Waals surface area contributed by atoms with Crippen molar-refractivity contribution in [1.29, 1.82) is 0 Å². The number of amides is 1. The predicted octanol–water partition coefficient (Wildman–Crippen LogP) is 2.69. The van der Waals surface area contributed by atoms with E-state index in [0.717, 1.165) is 28.7 Å². The van der Waals surface area contributed by atoms with Gasteiger partial charge in [-0.1, -0.05) is 24.3 Å². The van der Waals surface area contributed by atoms with Crippen LogP contribution in [0.5, 0.6) is 11.5 Å². The van der Waals surface area contributed by atoms with Crippen LogP contribution in [0.2, 0.25) is 0 Å². The second-order valence-corrected chi connectivity index (χ2v) is 8.92. The van der Waals surface area contributed by atoms with Crippen molar-refractivity contribution in [2.75, 3.05) is 20.8 Å². The number of hydrogen-bond acceptors (Lipinski definition) is 7. The van der Waals surface area contributed by atoms with Gasteiger partial charge in [-0.3, -0.25) is 4.79 Å². The lowest BCUT2D eigenvalue weighted by Crippen LogP contribution is -2.51. The van der Waals surface area contributed by atoms with Crippen LogP contribution in [0.15, 0.2) is 49.1 Å². The molecule has 0 radical (unpaired) electrons. The van der Waals surface area contributed by atoms with Gasteiger partial charge in [0.25, 0.3) is 5.91 Å². The maximum Gasteiger partial charge on any atom is 0.326 e. The molecule has 0 spiro atoms. The van der Waals surface area contributed by atoms with Crippen molar-refractivity contribution >= 4 is 11.9 Å². The fraction of sp³-hybridized carbons (Fsp3) is 0.385. The van der Waals surface area contributed by atoms with Gasteiger partial charge in [0.2, 0.25) is 0 Å². The number of benzene rings is 2. The van der Waals surface area contributed by atoms with Gasteiger partial charge in [0.05, 0.1) is 26.3 Å². The molecule has 10 heteroatoms. The molecular formula is C26H30N4O6. The number of ether oxygens (including phenoxy) is 3. The standard InChI is InChI=1S/C26H30N4O6/c1-26(9-4-10-36-26)25(33)29-20(24(31)32)11-17-5-7-19(8-6-17)23-21(34-2)12-18(13-22(23)35-3)14-30-16-27-15-28-30/h5-8,12-13,15-16,20H,4,9-11,14H2,1-3H3,(H,29,33)(H,31,32)/t20-,26?/m0/s1. The first kappa shape index (κ1) is 25.2. The van der Waals surface area contributed by atoms with Crippen molar-refractivity contribution in [3.8, 4) is 22.6 Å². The summed E-state index contributed by atoms with van der Waals surface area (Å²) < 4.78 is 18.6. The van der Waals surface area contributed by atoms with Crippen LogP contribution in [0.3, 0.4) is 0 Å². The van der Waals surface area contributed by atoms with Gasteiger partial charge < -0.3 is 24.6 Å². The molecule has 10 nitrogen and oxygen atoms in total. The van der Waals surface area contributed by atoms with E-state index in [4.69, 9.17) is 14.2 Å². The summed E-state index contributed by atoms with van der Waals surface area (Å²) in [5.41, 5.74) is 2.36. The maximum atomic E-state index is 12.6. The van der Waals surface area contributed by atoms with Crippen molar-refractivity contribution in [3.05, 3.63) is 60.2 Å². The number of rotatable bonds is 10. The number of carboxylic acids is 1. The van der Waals surface area contributed by atoms with Crippen molar-refractivity contribution in [2.45, 2.75) is 44.4 Å². The monoisotopic (exact) mass is 494 g/mol.